The number of nitrogens with one attached hydrogen (secondary N) is 2. The van der Waals surface area contributed by atoms with Crippen LogP contribution in [0, 0.1) is 12.7 Å². The number of anilines is 1. The van der Waals surface area contributed by atoms with Gasteiger partial charge in [-0.3, -0.25) is 0 Å². The molecule has 2 N–H and O–H groups in total. The first-order chi connectivity index (χ1) is 7.04. The Kier molecular flexibility index (Phi) is 4.08. The first-order valence-corrected chi connectivity index (χ1v) is 5.34. The third kappa shape index (κ3) is 3.20. The molecular formula is C10H12BrFN2O. The van der Waals surface area contributed by atoms with Crippen molar-refractivity contribution in [1.29, 1.82) is 0 Å². The molecule has 0 aliphatic rings. The average Bonchev–Trinajstić information content (AvgIpc) is 2.14. The Morgan fingerprint density at radius 1 is 1.53 bits per heavy atom. The zero-order valence-electron chi connectivity index (χ0n) is 8.53. The number of carbonyl (C=O) groups excluding carboxylic acids is 1. The van der Waals surface area contributed by atoms with E-state index in [1.165, 1.54) is 6.07 Å². The van der Waals surface area contributed by atoms with Crippen molar-refractivity contribution in [2.75, 3.05) is 11.9 Å². The minimum atomic E-state index is -0.460. The number of hydrogen-bond donors (Lipinski definition) is 2. The highest BCUT2D eigenvalue weighted by Gasteiger charge is 2.08. The predicted molar refractivity (Wildman–Crippen MR) is 61.5 cm³/mol. The summed E-state index contributed by atoms with van der Waals surface area (Å²) in [6.07, 6.45) is 0. The van der Waals surface area contributed by atoms with Gasteiger partial charge in [-0.1, -0.05) is 15.9 Å². The Balaban J connectivity index is 2.86. The van der Waals surface area contributed by atoms with Crippen molar-refractivity contribution < 1.29 is 9.18 Å². The highest BCUT2D eigenvalue weighted by molar-refractivity contribution is 9.10. The van der Waals surface area contributed by atoms with Gasteiger partial charge in [0.2, 0.25) is 0 Å². The van der Waals surface area contributed by atoms with Crippen LogP contribution in [0.5, 0.6) is 0 Å². The minimum absolute atomic E-state index is 0.182. The van der Waals surface area contributed by atoms with E-state index in [0.717, 1.165) is 5.56 Å². The first-order valence-electron chi connectivity index (χ1n) is 4.55. The van der Waals surface area contributed by atoms with Gasteiger partial charge in [0.15, 0.2) is 0 Å². The van der Waals surface area contributed by atoms with Crippen LogP contribution in [0.3, 0.4) is 0 Å². The normalized spacial score (nSPS) is 9.87. The molecule has 0 radical (unpaired) electrons. The van der Waals surface area contributed by atoms with Gasteiger partial charge in [-0.2, -0.15) is 0 Å². The standard InChI is InChI=1S/C10H12BrFN2O/c1-3-13-10(15)14-9-4-6(2)7(11)5-8(9)12/h4-5H,3H2,1-2H3,(H2,13,14,15). The van der Waals surface area contributed by atoms with E-state index in [4.69, 9.17) is 0 Å². The lowest BCUT2D eigenvalue weighted by Crippen LogP contribution is -2.28. The lowest BCUT2D eigenvalue weighted by molar-refractivity contribution is 0.252. The number of amides is 2. The number of halogens is 2. The molecule has 5 heteroatoms. The largest absolute Gasteiger partial charge is 0.338 e. The molecule has 0 saturated heterocycles. The van der Waals surface area contributed by atoms with Gasteiger partial charge < -0.3 is 10.6 Å². The van der Waals surface area contributed by atoms with E-state index in [2.05, 4.69) is 26.6 Å². The third-order valence-corrected chi connectivity index (χ3v) is 2.69. The Morgan fingerprint density at radius 3 is 2.80 bits per heavy atom. The van der Waals surface area contributed by atoms with E-state index in [0.29, 0.717) is 11.0 Å². The van der Waals surface area contributed by atoms with E-state index < -0.39 is 11.8 Å². The molecule has 2 amide bonds. The molecule has 0 unspecified atom stereocenters. The summed E-state index contributed by atoms with van der Waals surface area (Å²) in [6.45, 7) is 4.12. The molecule has 0 aliphatic carbocycles. The molecule has 1 aromatic rings. The average molecular weight is 275 g/mol. The zero-order valence-corrected chi connectivity index (χ0v) is 10.1. The predicted octanol–water partition coefficient (Wildman–Crippen LogP) is 3.04. The summed E-state index contributed by atoms with van der Waals surface area (Å²) < 4.78 is 14.0. The second-order valence-corrected chi connectivity index (χ2v) is 3.92. The molecule has 0 atom stereocenters. The molecule has 0 fully saturated rings. The fourth-order valence-electron chi connectivity index (χ4n) is 1.08. The smallest absolute Gasteiger partial charge is 0.319 e. The first kappa shape index (κ1) is 12.0. The van der Waals surface area contributed by atoms with Gasteiger partial charge in [0, 0.05) is 11.0 Å². The Hall–Kier alpha value is -1.10. The third-order valence-electron chi connectivity index (χ3n) is 1.83. The number of urea groups is 1. The van der Waals surface area contributed by atoms with Gasteiger partial charge >= 0.3 is 6.03 Å². The molecule has 1 aromatic carbocycles. The van der Waals surface area contributed by atoms with Crippen molar-refractivity contribution in [3.8, 4) is 0 Å². The number of hydrogen-bond acceptors (Lipinski definition) is 1. The van der Waals surface area contributed by atoms with Gasteiger partial charge in [0.05, 0.1) is 5.69 Å². The molecular weight excluding hydrogens is 263 g/mol. The summed E-state index contributed by atoms with van der Waals surface area (Å²) in [5, 5.41) is 4.96. The number of carbonyl (C=O) groups is 1. The Labute approximate surface area is 96.2 Å². The van der Waals surface area contributed by atoms with Crippen LogP contribution in [-0.2, 0) is 0 Å². The fourth-order valence-corrected chi connectivity index (χ4v) is 1.40. The van der Waals surface area contributed by atoms with Crippen LogP contribution < -0.4 is 10.6 Å². The summed E-state index contributed by atoms with van der Waals surface area (Å²) in [7, 11) is 0. The summed E-state index contributed by atoms with van der Waals surface area (Å²) >= 11 is 3.21. The topological polar surface area (TPSA) is 41.1 Å². The maximum absolute atomic E-state index is 13.4. The Morgan fingerprint density at radius 2 is 2.20 bits per heavy atom. The van der Waals surface area contributed by atoms with Gasteiger partial charge in [0.25, 0.3) is 0 Å². The quantitative estimate of drug-likeness (QED) is 0.855. The van der Waals surface area contributed by atoms with Crippen LogP contribution in [0.15, 0.2) is 16.6 Å². The SMILES string of the molecule is CCNC(=O)Nc1cc(C)c(Br)cc1F. The van der Waals surface area contributed by atoms with Crippen molar-refractivity contribution in [3.05, 3.63) is 28.0 Å². The summed E-state index contributed by atoms with van der Waals surface area (Å²) in [4.78, 5) is 11.2. The molecule has 0 heterocycles. The van der Waals surface area contributed by atoms with Crippen molar-refractivity contribution >= 4 is 27.6 Å². The molecule has 0 bridgehead atoms. The minimum Gasteiger partial charge on any atom is -0.338 e. The molecule has 82 valence electrons. The van der Waals surface area contributed by atoms with Gasteiger partial charge in [0.1, 0.15) is 5.82 Å². The van der Waals surface area contributed by atoms with Crippen molar-refractivity contribution in [3.63, 3.8) is 0 Å². The maximum atomic E-state index is 13.4. The highest BCUT2D eigenvalue weighted by atomic mass is 79.9. The van der Waals surface area contributed by atoms with Crippen LogP contribution in [0.4, 0.5) is 14.9 Å². The van der Waals surface area contributed by atoms with E-state index in [1.54, 1.807) is 13.0 Å². The molecule has 1 rings (SSSR count). The van der Waals surface area contributed by atoms with Gasteiger partial charge in [-0.05, 0) is 31.5 Å². The van der Waals surface area contributed by atoms with Crippen LogP contribution in [0.25, 0.3) is 0 Å². The van der Waals surface area contributed by atoms with E-state index in [-0.39, 0.29) is 5.69 Å². The van der Waals surface area contributed by atoms with E-state index in [9.17, 15) is 9.18 Å². The molecule has 0 aliphatic heterocycles. The van der Waals surface area contributed by atoms with Crippen LogP contribution in [0.1, 0.15) is 12.5 Å². The highest BCUT2D eigenvalue weighted by Crippen LogP contribution is 2.23. The van der Waals surface area contributed by atoms with Crippen LogP contribution >= 0.6 is 15.9 Å². The monoisotopic (exact) mass is 274 g/mol. The molecule has 0 spiro atoms. The zero-order chi connectivity index (χ0) is 11.4. The fraction of sp³-hybridized carbons (Fsp3) is 0.300. The molecule has 0 saturated carbocycles. The van der Waals surface area contributed by atoms with Crippen molar-refractivity contribution in [2.24, 2.45) is 0 Å². The van der Waals surface area contributed by atoms with Crippen molar-refractivity contribution in [1.82, 2.24) is 5.32 Å². The summed E-state index contributed by atoms with van der Waals surface area (Å²) in [6, 6.07) is 2.50. The van der Waals surface area contributed by atoms with Gasteiger partial charge in [-0.25, -0.2) is 9.18 Å². The lowest BCUT2D eigenvalue weighted by atomic mass is 10.2. The number of benzene rings is 1. The summed E-state index contributed by atoms with van der Waals surface area (Å²) in [5.41, 5.74) is 1.05. The van der Waals surface area contributed by atoms with Crippen molar-refractivity contribution in [2.45, 2.75) is 13.8 Å². The number of rotatable bonds is 2. The second kappa shape index (κ2) is 5.11. The molecule has 15 heavy (non-hydrogen) atoms. The maximum Gasteiger partial charge on any atom is 0.319 e. The lowest BCUT2D eigenvalue weighted by Gasteiger charge is -2.08. The Bertz CT molecular complexity index is 382. The van der Waals surface area contributed by atoms with Crippen LogP contribution in [-0.4, -0.2) is 12.6 Å². The molecule has 0 aromatic heterocycles. The van der Waals surface area contributed by atoms with Gasteiger partial charge in [-0.15, -0.1) is 0 Å². The van der Waals surface area contributed by atoms with Crippen LogP contribution in [0.2, 0.25) is 0 Å². The summed E-state index contributed by atoms with van der Waals surface area (Å²) in [5.74, 6) is -0.460. The van der Waals surface area contributed by atoms with E-state index in [1.807, 2.05) is 6.92 Å². The number of aryl methyl sites for hydroxylation is 1. The molecule has 3 nitrogen and oxygen atoms in total. The second-order valence-electron chi connectivity index (χ2n) is 3.07. The van der Waals surface area contributed by atoms with E-state index >= 15 is 0 Å².